The Morgan fingerprint density at radius 2 is 2.29 bits per heavy atom. The Morgan fingerprint density at radius 3 is 3.00 bits per heavy atom. The Labute approximate surface area is 88.4 Å². The number of hydrogen-bond donors (Lipinski definition) is 1. The first-order valence-electron chi connectivity index (χ1n) is 4.04. The first kappa shape index (κ1) is 9.45. The molecule has 0 spiro atoms. The van der Waals surface area contributed by atoms with Crippen molar-refractivity contribution < 1.29 is 13.9 Å². The number of amides is 1. The maximum atomic E-state index is 13.3. The van der Waals surface area contributed by atoms with E-state index < -0.39 is 11.9 Å². The number of halogens is 2. The van der Waals surface area contributed by atoms with E-state index in [0.717, 1.165) is 0 Å². The zero-order valence-electron chi connectivity index (χ0n) is 7.30. The van der Waals surface area contributed by atoms with E-state index in [2.05, 4.69) is 21.2 Å². The number of carbonyl (C=O) groups excluding carboxylic acids is 1. The number of ether oxygens (including phenoxy) is 1. The third-order valence-electron chi connectivity index (χ3n) is 1.93. The van der Waals surface area contributed by atoms with Crippen molar-refractivity contribution >= 4 is 27.5 Å². The number of anilines is 1. The predicted molar refractivity (Wildman–Crippen MR) is 52.8 cm³/mol. The summed E-state index contributed by atoms with van der Waals surface area (Å²) in [5, 5.41) is 2.56. The van der Waals surface area contributed by atoms with Crippen molar-refractivity contribution in [1.82, 2.24) is 0 Å². The van der Waals surface area contributed by atoms with Crippen LogP contribution in [0.5, 0.6) is 5.75 Å². The Morgan fingerprint density at radius 1 is 1.57 bits per heavy atom. The lowest BCUT2D eigenvalue weighted by molar-refractivity contribution is -0.122. The van der Waals surface area contributed by atoms with Gasteiger partial charge in [-0.25, -0.2) is 4.39 Å². The molecule has 0 saturated heterocycles. The average Bonchev–Trinajstić information content (AvgIpc) is 2.08. The third kappa shape index (κ3) is 1.48. The Hall–Kier alpha value is -1.10. The van der Waals surface area contributed by atoms with Crippen molar-refractivity contribution in [2.24, 2.45) is 0 Å². The fourth-order valence-electron chi connectivity index (χ4n) is 1.24. The molecule has 0 bridgehead atoms. The summed E-state index contributed by atoms with van der Waals surface area (Å²) < 4.78 is 19.0. The molecule has 1 aliphatic rings. The number of carbonyl (C=O) groups is 1. The first-order valence-corrected chi connectivity index (χ1v) is 4.84. The van der Waals surface area contributed by atoms with Gasteiger partial charge in [-0.3, -0.25) is 4.79 Å². The van der Waals surface area contributed by atoms with Gasteiger partial charge in [0.25, 0.3) is 5.91 Å². The van der Waals surface area contributed by atoms with E-state index >= 15 is 0 Å². The Bertz CT molecular complexity index is 408. The van der Waals surface area contributed by atoms with Crippen LogP contribution < -0.4 is 10.1 Å². The van der Waals surface area contributed by atoms with Crippen LogP contribution in [0.4, 0.5) is 10.1 Å². The molecule has 0 radical (unpaired) electrons. The molecule has 0 aromatic heterocycles. The zero-order valence-corrected chi connectivity index (χ0v) is 8.89. The van der Waals surface area contributed by atoms with Crippen LogP contribution in [0, 0.1) is 5.82 Å². The summed E-state index contributed by atoms with van der Waals surface area (Å²) in [7, 11) is 0. The summed E-state index contributed by atoms with van der Waals surface area (Å²) >= 11 is 3.13. The number of nitrogens with one attached hydrogen (secondary N) is 1. The van der Waals surface area contributed by atoms with Gasteiger partial charge in [0.2, 0.25) is 0 Å². The van der Waals surface area contributed by atoms with Gasteiger partial charge in [-0.15, -0.1) is 0 Å². The molecule has 14 heavy (non-hydrogen) atoms. The maximum Gasteiger partial charge on any atom is 0.265 e. The molecule has 0 aliphatic carbocycles. The van der Waals surface area contributed by atoms with Gasteiger partial charge in [-0.05, 0) is 19.1 Å². The second-order valence-electron chi connectivity index (χ2n) is 3.01. The summed E-state index contributed by atoms with van der Waals surface area (Å²) in [6.45, 7) is 1.57. The van der Waals surface area contributed by atoms with Crippen molar-refractivity contribution in [3.63, 3.8) is 0 Å². The molecule has 1 atom stereocenters. The van der Waals surface area contributed by atoms with Gasteiger partial charge >= 0.3 is 0 Å². The Balaban J connectivity index is 2.51. The number of benzene rings is 1. The quantitative estimate of drug-likeness (QED) is 0.777. The normalized spacial score (nSPS) is 19.6. The summed E-state index contributed by atoms with van der Waals surface area (Å²) in [6, 6.07) is 2.89. The van der Waals surface area contributed by atoms with Crippen molar-refractivity contribution in [3.05, 3.63) is 22.4 Å². The maximum absolute atomic E-state index is 13.3. The molecule has 5 heteroatoms. The fraction of sp³-hybridized carbons (Fsp3) is 0.222. The van der Waals surface area contributed by atoms with E-state index in [4.69, 9.17) is 4.74 Å². The molecule has 1 aromatic rings. The smallest absolute Gasteiger partial charge is 0.265 e. The van der Waals surface area contributed by atoms with Gasteiger partial charge in [0, 0.05) is 4.47 Å². The Kier molecular flexibility index (Phi) is 2.19. The molecule has 1 heterocycles. The molecule has 1 aliphatic heterocycles. The van der Waals surface area contributed by atoms with E-state index in [1.54, 1.807) is 13.0 Å². The molecule has 0 saturated carbocycles. The fourth-order valence-corrected chi connectivity index (χ4v) is 1.67. The first-order chi connectivity index (χ1) is 6.58. The van der Waals surface area contributed by atoms with Crippen LogP contribution in [0.15, 0.2) is 16.6 Å². The average molecular weight is 260 g/mol. The standard InChI is InChI=1S/C9H7BrFNO2/c1-4-9(13)12-7-3-5(10)2-6(11)8(7)14-4/h2-4H,1H3,(H,12,13)/t4-/m0/s1. The van der Waals surface area contributed by atoms with Crippen LogP contribution in [0.3, 0.4) is 0 Å². The van der Waals surface area contributed by atoms with Crippen LogP contribution in [-0.4, -0.2) is 12.0 Å². The van der Waals surface area contributed by atoms with Gasteiger partial charge in [-0.1, -0.05) is 15.9 Å². The van der Waals surface area contributed by atoms with E-state index in [9.17, 15) is 9.18 Å². The second kappa shape index (κ2) is 3.24. The lowest BCUT2D eigenvalue weighted by atomic mass is 10.2. The minimum Gasteiger partial charge on any atom is -0.476 e. The van der Waals surface area contributed by atoms with E-state index in [-0.39, 0.29) is 11.7 Å². The molecule has 1 aromatic carbocycles. The van der Waals surface area contributed by atoms with E-state index in [1.807, 2.05) is 0 Å². The van der Waals surface area contributed by atoms with E-state index in [1.165, 1.54) is 6.07 Å². The highest BCUT2D eigenvalue weighted by atomic mass is 79.9. The molecule has 1 N–H and O–H groups in total. The highest BCUT2D eigenvalue weighted by Crippen LogP contribution is 2.35. The monoisotopic (exact) mass is 259 g/mol. The summed E-state index contributed by atoms with van der Waals surface area (Å²) in [5.41, 5.74) is 0.361. The predicted octanol–water partition coefficient (Wildman–Crippen LogP) is 2.31. The minimum absolute atomic E-state index is 0.0975. The number of fused-ring (bicyclic) bond motifs is 1. The van der Waals surface area contributed by atoms with E-state index in [0.29, 0.717) is 10.2 Å². The van der Waals surface area contributed by atoms with Crippen LogP contribution >= 0.6 is 15.9 Å². The molecule has 3 nitrogen and oxygen atoms in total. The summed E-state index contributed by atoms with van der Waals surface area (Å²) in [4.78, 5) is 11.2. The van der Waals surface area contributed by atoms with Crippen LogP contribution in [0.25, 0.3) is 0 Å². The van der Waals surface area contributed by atoms with Gasteiger partial charge < -0.3 is 10.1 Å². The van der Waals surface area contributed by atoms with Crippen molar-refractivity contribution in [2.75, 3.05) is 5.32 Å². The highest BCUT2D eigenvalue weighted by Gasteiger charge is 2.26. The minimum atomic E-state index is -0.654. The molecular weight excluding hydrogens is 253 g/mol. The second-order valence-corrected chi connectivity index (χ2v) is 3.93. The summed E-state index contributed by atoms with van der Waals surface area (Å²) in [5.74, 6) is -0.656. The van der Waals surface area contributed by atoms with Crippen LogP contribution in [0.1, 0.15) is 6.92 Å². The van der Waals surface area contributed by atoms with Crippen LogP contribution in [0.2, 0.25) is 0 Å². The highest BCUT2D eigenvalue weighted by molar-refractivity contribution is 9.10. The molecule has 0 unspecified atom stereocenters. The lowest BCUT2D eigenvalue weighted by Crippen LogP contribution is -2.34. The molecular formula is C9H7BrFNO2. The van der Waals surface area contributed by atoms with Crippen LogP contribution in [-0.2, 0) is 4.79 Å². The molecule has 1 amide bonds. The molecule has 74 valence electrons. The molecule has 0 fully saturated rings. The van der Waals surface area contributed by atoms with Crippen molar-refractivity contribution in [1.29, 1.82) is 0 Å². The van der Waals surface area contributed by atoms with Gasteiger partial charge in [0.1, 0.15) is 0 Å². The summed E-state index contributed by atoms with van der Waals surface area (Å²) in [6.07, 6.45) is -0.654. The molecule has 2 rings (SSSR count). The van der Waals surface area contributed by atoms with Crippen molar-refractivity contribution in [2.45, 2.75) is 13.0 Å². The number of rotatable bonds is 0. The zero-order chi connectivity index (χ0) is 10.3. The lowest BCUT2D eigenvalue weighted by Gasteiger charge is -2.23. The largest absolute Gasteiger partial charge is 0.476 e. The SMILES string of the molecule is C[C@@H]1Oc2c(F)cc(Br)cc2NC1=O. The van der Waals surface area contributed by atoms with Gasteiger partial charge in [0.05, 0.1) is 5.69 Å². The number of hydrogen-bond acceptors (Lipinski definition) is 2. The van der Waals surface area contributed by atoms with Gasteiger partial charge in [0.15, 0.2) is 17.7 Å². The topological polar surface area (TPSA) is 38.3 Å². The van der Waals surface area contributed by atoms with Crippen molar-refractivity contribution in [3.8, 4) is 5.75 Å². The van der Waals surface area contributed by atoms with Gasteiger partial charge in [-0.2, -0.15) is 0 Å². The third-order valence-corrected chi connectivity index (χ3v) is 2.39.